The van der Waals surface area contributed by atoms with E-state index in [1.54, 1.807) is 20.8 Å². The molecule has 0 bridgehead atoms. The summed E-state index contributed by atoms with van der Waals surface area (Å²) in [6.45, 7) is 5.40. The van der Waals surface area contributed by atoms with E-state index in [2.05, 4.69) is 4.74 Å². The molecule has 0 aliphatic carbocycles. The van der Waals surface area contributed by atoms with Gasteiger partial charge in [-0.1, -0.05) is 6.92 Å². The van der Waals surface area contributed by atoms with E-state index in [-0.39, 0.29) is 13.2 Å². The SMILES string of the molecule is CCOC(=O)[C@@H](CC)[C@@H](O)C(=O)OCC. The van der Waals surface area contributed by atoms with E-state index < -0.39 is 24.0 Å². The van der Waals surface area contributed by atoms with Gasteiger partial charge in [0.05, 0.1) is 19.1 Å². The van der Waals surface area contributed by atoms with E-state index >= 15 is 0 Å². The summed E-state index contributed by atoms with van der Waals surface area (Å²) in [7, 11) is 0. The Hall–Kier alpha value is -1.10. The smallest absolute Gasteiger partial charge is 0.335 e. The lowest BCUT2D eigenvalue weighted by Crippen LogP contribution is -2.36. The Morgan fingerprint density at radius 1 is 1.07 bits per heavy atom. The molecular formula is C10H18O5. The normalized spacial score (nSPS) is 14.1. The molecule has 0 fully saturated rings. The minimum Gasteiger partial charge on any atom is -0.466 e. The number of carbonyl (C=O) groups is 2. The summed E-state index contributed by atoms with van der Waals surface area (Å²) < 4.78 is 9.36. The highest BCUT2D eigenvalue weighted by atomic mass is 16.6. The van der Waals surface area contributed by atoms with Gasteiger partial charge in [0, 0.05) is 0 Å². The molecule has 1 N–H and O–H groups in total. The maximum absolute atomic E-state index is 11.3. The van der Waals surface area contributed by atoms with Crippen molar-refractivity contribution in [2.45, 2.75) is 33.3 Å². The molecule has 0 saturated carbocycles. The van der Waals surface area contributed by atoms with Crippen molar-refractivity contribution in [3.05, 3.63) is 0 Å². The van der Waals surface area contributed by atoms with Crippen molar-refractivity contribution in [1.82, 2.24) is 0 Å². The van der Waals surface area contributed by atoms with Crippen LogP contribution in [0.5, 0.6) is 0 Å². The van der Waals surface area contributed by atoms with E-state index in [0.717, 1.165) is 0 Å². The molecule has 0 aromatic heterocycles. The largest absolute Gasteiger partial charge is 0.466 e. The van der Waals surface area contributed by atoms with E-state index in [4.69, 9.17) is 4.74 Å². The second-order valence-corrected chi connectivity index (χ2v) is 2.96. The van der Waals surface area contributed by atoms with Crippen molar-refractivity contribution < 1.29 is 24.2 Å². The van der Waals surface area contributed by atoms with Crippen LogP contribution in [-0.2, 0) is 19.1 Å². The third kappa shape index (κ3) is 4.29. The van der Waals surface area contributed by atoms with Gasteiger partial charge in [0.2, 0.25) is 0 Å². The Morgan fingerprint density at radius 2 is 1.53 bits per heavy atom. The number of ether oxygens (including phenoxy) is 2. The molecule has 5 heteroatoms. The van der Waals surface area contributed by atoms with Crippen LogP contribution < -0.4 is 0 Å². The highest BCUT2D eigenvalue weighted by Gasteiger charge is 2.32. The maximum Gasteiger partial charge on any atom is 0.335 e. The van der Waals surface area contributed by atoms with Crippen LogP contribution in [0.2, 0.25) is 0 Å². The van der Waals surface area contributed by atoms with Crippen LogP contribution in [0, 0.1) is 5.92 Å². The number of esters is 2. The molecular weight excluding hydrogens is 200 g/mol. The fourth-order valence-electron chi connectivity index (χ4n) is 1.16. The molecule has 0 aromatic rings. The van der Waals surface area contributed by atoms with Crippen molar-refractivity contribution in [3.8, 4) is 0 Å². The Bertz CT molecular complexity index is 214. The molecule has 0 amide bonds. The fourth-order valence-corrected chi connectivity index (χ4v) is 1.16. The van der Waals surface area contributed by atoms with Gasteiger partial charge in [0.25, 0.3) is 0 Å². The predicted molar refractivity (Wildman–Crippen MR) is 53.1 cm³/mol. The molecule has 15 heavy (non-hydrogen) atoms. The Balaban J connectivity index is 4.38. The minimum absolute atomic E-state index is 0.176. The number of aliphatic hydroxyl groups excluding tert-OH is 1. The zero-order valence-electron chi connectivity index (χ0n) is 9.36. The van der Waals surface area contributed by atoms with Crippen LogP contribution in [0.1, 0.15) is 27.2 Å². The predicted octanol–water partition coefficient (Wildman–Crippen LogP) is 0.500. The monoisotopic (exact) mass is 218 g/mol. The first-order valence-corrected chi connectivity index (χ1v) is 5.09. The van der Waals surface area contributed by atoms with E-state index in [1.807, 2.05) is 0 Å². The average Bonchev–Trinajstić information content (AvgIpc) is 2.19. The lowest BCUT2D eigenvalue weighted by molar-refractivity contribution is -0.166. The summed E-state index contributed by atoms with van der Waals surface area (Å²) in [5.41, 5.74) is 0. The Labute approximate surface area is 89.4 Å². The molecule has 88 valence electrons. The third-order valence-electron chi connectivity index (χ3n) is 1.94. The van der Waals surface area contributed by atoms with Crippen LogP contribution in [0.25, 0.3) is 0 Å². The highest BCUT2D eigenvalue weighted by Crippen LogP contribution is 2.12. The number of rotatable bonds is 6. The molecule has 0 aliphatic rings. The molecule has 0 saturated heterocycles. The number of carbonyl (C=O) groups excluding carboxylic acids is 2. The zero-order chi connectivity index (χ0) is 11.8. The minimum atomic E-state index is -1.44. The van der Waals surface area contributed by atoms with E-state index in [1.165, 1.54) is 0 Å². The molecule has 0 unspecified atom stereocenters. The maximum atomic E-state index is 11.3. The standard InChI is InChI=1S/C10H18O5/c1-4-7(9(12)14-5-2)8(11)10(13)15-6-3/h7-8,11H,4-6H2,1-3H3/t7-,8+/m0/s1. The summed E-state index contributed by atoms with van der Waals surface area (Å²) >= 11 is 0. The van der Waals surface area contributed by atoms with E-state index in [0.29, 0.717) is 6.42 Å². The molecule has 5 nitrogen and oxygen atoms in total. The second kappa shape index (κ2) is 7.23. The summed E-state index contributed by atoms with van der Waals surface area (Å²) in [4.78, 5) is 22.5. The van der Waals surface area contributed by atoms with Crippen molar-refractivity contribution >= 4 is 11.9 Å². The highest BCUT2D eigenvalue weighted by molar-refractivity contribution is 5.83. The van der Waals surface area contributed by atoms with Gasteiger partial charge < -0.3 is 14.6 Å². The van der Waals surface area contributed by atoms with Crippen LogP contribution in [0.4, 0.5) is 0 Å². The lowest BCUT2D eigenvalue weighted by atomic mass is 10.00. The molecule has 0 radical (unpaired) electrons. The van der Waals surface area contributed by atoms with Crippen molar-refractivity contribution in [2.75, 3.05) is 13.2 Å². The van der Waals surface area contributed by atoms with Gasteiger partial charge in [-0.05, 0) is 20.3 Å². The summed E-state index contributed by atoms with van der Waals surface area (Å²) in [5, 5.41) is 9.53. The summed E-state index contributed by atoms with van der Waals surface area (Å²) in [5.74, 6) is -2.19. The van der Waals surface area contributed by atoms with Crippen LogP contribution in [0.15, 0.2) is 0 Å². The Morgan fingerprint density at radius 3 is 1.93 bits per heavy atom. The summed E-state index contributed by atoms with van der Waals surface area (Å²) in [6, 6.07) is 0. The first-order chi connectivity index (χ1) is 7.08. The van der Waals surface area contributed by atoms with Gasteiger partial charge in [-0.25, -0.2) is 4.79 Å². The van der Waals surface area contributed by atoms with Crippen LogP contribution in [-0.4, -0.2) is 36.4 Å². The molecule has 2 atom stereocenters. The zero-order valence-corrected chi connectivity index (χ0v) is 9.36. The number of hydrogen-bond acceptors (Lipinski definition) is 5. The number of hydrogen-bond donors (Lipinski definition) is 1. The van der Waals surface area contributed by atoms with Gasteiger partial charge in [0.1, 0.15) is 0 Å². The molecule has 0 heterocycles. The number of aliphatic hydroxyl groups is 1. The molecule has 0 spiro atoms. The summed E-state index contributed by atoms with van der Waals surface area (Å²) in [6.07, 6.45) is -1.10. The Kier molecular flexibility index (Phi) is 6.70. The van der Waals surface area contributed by atoms with Crippen LogP contribution >= 0.6 is 0 Å². The fraction of sp³-hybridized carbons (Fsp3) is 0.800. The van der Waals surface area contributed by atoms with Crippen molar-refractivity contribution in [2.24, 2.45) is 5.92 Å². The average molecular weight is 218 g/mol. The van der Waals surface area contributed by atoms with E-state index in [9.17, 15) is 14.7 Å². The van der Waals surface area contributed by atoms with Crippen molar-refractivity contribution in [1.29, 1.82) is 0 Å². The van der Waals surface area contributed by atoms with Gasteiger partial charge in [-0.2, -0.15) is 0 Å². The topological polar surface area (TPSA) is 72.8 Å². The lowest BCUT2D eigenvalue weighted by Gasteiger charge is -2.18. The van der Waals surface area contributed by atoms with Gasteiger partial charge in [-0.3, -0.25) is 4.79 Å². The van der Waals surface area contributed by atoms with Gasteiger partial charge in [-0.15, -0.1) is 0 Å². The quantitative estimate of drug-likeness (QED) is 0.657. The molecule has 0 aliphatic heterocycles. The first kappa shape index (κ1) is 13.9. The van der Waals surface area contributed by atoms with Crippen LogP contribution in [0.3, 0.4) is 0 Å². The van der Waals surface area contributed by atoms with Crippen molar-refractivity contribution in [3.63, 3.8) is 0 Å². The molecule has 0 aromatic carbocycles. The van der Waals surface area contributed by atoms with Gasteiger partial charge in [0.15, 0.2) is 6.10 Å². The molecule has 0 rings (SSSR count). The van der Waals surface area contributed by atoms with Gasteiger partial charge >= 0.3 is 11.9 Å². The first-order valence-electron chi connectivity index (χ1n) is 5.09. The second-order valence-electron chi connectivity index (χ2n) is 2.96. The third-order valence-corrected chi connectivity index (χ3v) is 1.94.